The summed E-state index contributed by atoms with van der Waals surface area (Å²) < 4.78 is 13.6. The fourth-order valence-corrected chi connectivity index (χ4v) is 2.00. The minimum absolute atomic E-state index is 0.0552. The SMILES string of the molecule is CCNc1cccc(Nc2ccc(C)c(F)c2)c1[N+](=O)[O-]. The molecule has 0 fully saturated rings. The molecule has 0 amide bonds. The lowest BCUT2D eigenvalue weighted by atomic mass is 10.2. The minimum Gasteiger partial charge on any atom is -0.380 e. The molecule has 0 saturated carbocycles. The van der Waals surface area contributed by atoms with E-state index >= 15 is 0 Å². The third-order valence-electron chi connectivity index (χ3n) is 3.04. The summed E-state index contributed by atoms with van der Waals surface area (Å²) in [4.78, 5) is 10.8. The van der Waals surface area contributed by atoms with Gasteiger partial charge in [0.15, 0.2) is 0 Å². The summed E-state index contributed by atoms with van der Waals surface area (Å²) in [5.74, 6) is -0.356. The minimum atomic E-state index is -0.453. The van der Waals surface area contributed by atoms with Crippen molar-refractivity contribution in [1.29, 1.82) is 0 Å². The number of nitrogens with one attached hydrogen (secondary N) is 2. The highest BCUT2D eigenvalue weighted by atomic mass is 19.1. The summed E-state index contributed by atoms with van der Waals surface area (Å²) in [5.41, 5.74) is 1.69. The molecule has 0 aromatic heterocycles. The number of benzene rings is 2. The second-order valence-corrected chi connectivity index (χ2v) is 4.58. The van der Waals surface area contributed by atoms with Crippen LogP contribution in [0.4, 0.5) is 27.1 Å². The zero-order valence-corrected chi connectivity index (χ0v) is 11.8. The van der Waals surface area contributed by atoms with E-state index in [1.165, 1.54) is 6.07 Å². The monoisotopic (exact) mass is 289 g/mol. The molecule has 0 heterocycles. The number of aryl methyl sites for hydroxylation is 1. The standard InChI is InChI=1S/C15H16FN3O2/c1-3-17-13-5-4-6-14(15(13)19(20)21)18-11-8-7-10(2)12(16)9-11/h4-9,17-18H,3H2,1-2H3. The van der Waals surface area contributed by atoms with Gasteiger partial charge in [0.05, 0.1) is 4.92 Å². The second-order valence-electron chi connectivity index (χ2n) is 4.58. The van der Waals surface area contributed by atoms with E-state index in [0.29, 0.717) is 29.2 Å². The number of nitro benzene ring substituents is 1. The topological polar surface area (TPSA) is 67.2 Å². The summed E-state index contributed by atoms with van der Waals surface area (Å²) >= 11 is 0. The predicted octanol–water partition coefficient (Wildman–Crippen LogP) is 4.22. The van der Waals surface area contributed by atoms with Gasteiger partial charge in [0.1, 0.15) is 17.2 Å². The molecule has 0 aliphatic heterocycles. The summed E-state index contributed by atoms with van der Waals surface area (Å²) in [7, 11) is 0. The number of hydrogen-bond donors (Lipinski definition) is 2. The highest BCUT2D eigenvalue weighted by Crippen LogP contribution is 2.34. The van der Waals surface area contributed by atoms with Gasteiger partial charge in [0.2, 0.25) is 0 Å². The van der Waals surface area contributed by atoms with Gasteiger partial charge >= 0.3 is 5.69 Å². The smallest absolute Gasteiger partial charge is 0.315 e. The Hall–Kier alpha value is -2.63. The van der Waals surface area contributed by atoms with Crippen LogP contribution in [-0.4, -0.2) is 11.5 Å². The van der Waals surface area contributed by atoms with Crippen molar-refractivity contribution in [2.45, 2.75) is 13.8 Å². The molecule has 0 bridgehead atoms. The quantitative estimate of drug-likeness (QED) is 0.639. The van der Waals surface area contributed by atoms with Crippen molar-refractivity contribution < 1.29 is 9.31 Å². The summed E-state index contributed by atoms with van der Waals surface area (Å²) in [6.45, 7) is 4.09. The van der Waals surface area contributed by atoms with Crippen molar-refractivity contribution in [2.75, 3.05) is 17.2 Å². The van der Waals surface area contributed by atoms with Crippen LogP contribution >= 0.6 is 0 Å². The molecule has 0 radical (unpaired) electrons. The average molecular weight is 289 g/mol. The van der Waals surface area contributed by atoms with Gasteiger partial charge in [-0.05, 0) is 43.7 Å². The van der Waals surface area contributed by atoms with Gasteiger partial charge in [-0.3, -0.25) is 10.1 Å². The van der Waals surface area contributed by atoms with Gasteiger partial charge < -0.3 is 10.6 Å². The number of hydrogen-bond acceptors (Lipinski definition) is 4. The van der Waals surface area contributed by atoms with E-state index in [1.54, 1.807) is 37.3 Å². The number of nitrogens with zero attached hydrogens (tertiary/aromatic N) is 1. The van der Waals surface area contributed by atoms with E-state index in [1.807, 2.05) is 6.92 Å². The molecule has 0 unspecified atom stereocenters. The predicted molar refractivity (Wildman–Crippen MR) is 81.7 cm³/mol. The van der Waals surface area contributed by atoms with E-state index in [4.69, 9.17) is 0 Å². The summed E-state index contributed by atoms with van der Waals surface area (Å²) in [5, 5.41) is 17.1. The lowest BCUT2D eigenvalue weighted by molar-refractivity contribution is -0.383. The number of anilines is 3. The molecular weight excluding hydrogens is 273 g/mol. The molecule has 2 N–H and O–H groups in total. The molecule has 110 valence electrons. The summed E-state index contributed by atoms with van der Waals surface area (Å²) in [6.07, 6.45) is 0. The maximum atomic E-state index is 13.6. The Morgan fingerprint density at radius 1 is 1.24 bits per heavy atom. The van der Waals surface area contributed by atoms with Crippen LogP contribution in [0.2, 0.25) is 0 Å². The molecule has 0 spiro atoms. The van der Waals surface area contributed by atoms with Crippen LogP contribution in [0.15, 0.2) is 36.4 Å². The fourth-order valence-electron chi connectivity index (χ4n) is 2.00. The molecule has 2 aromatic carbocycles. The van der Waals surface area contributed by atoms with E-state index in [9.17, 15) is 14.5 Å². The number of rotatable bonds is 5. The van der Waals surface area contributed by atoms with Crippen LogP contribution in [0.1, 0.15) is 12.5 Å². The average Bonchev–Trinajstić information content (AvgIpc) is 2.43. The van der Waals surface area contributed by atoms with Gasteiger partial charge in [-0.15, -0.1) is 0 Å². The van der Waals surface area contributed by atoms with Crippen molar-refractivity contribution in [2.24, 2.45) is 0 Å². The second kappa shape index (κ2) is 6.21. The molecule has 21 heavy (non-hydrogen) atoms. The van der Waals surface area contributed by atoms with Crippen molar-refractivity contribution in [3.63, 3.8) is 0 Å². The van der Waals surface area contributed by atoms with Crippen molar-refractivity contribution in [1.82, 2.24) is 0 Å². The van der Waals surface area contributed by atoms with E-state index in [-0.39, 0.29) is 11.5 Å². The highest BCUT2D eigenvalue weighted by molar-refractivity contribution is 5.79. The zero-order chi connectivity index (χ0) is 15.4. The van der Waals surface area contributed by atoms with Gasteiger partial charge in [-0.25, -0.2) is 4.39 Å². The van der Waals surface area contributed by atoms with Gasteiger partial charge in [-0.1, -0.05) is 12.1 Å². The third-order valence-corrected chi connectivity index (χ3v) is 3.04. The van der Waals surface area contributed by atoms with Crippen LogP contribution in [0, 0.1) is 22.9 Å². The molecule has 5 nitrogen and oxygen atoms in total. The number of nitro groups is 1. The molecule has 0 saturated heterocycles. The first-order valence-corrected chi connectivity index (χ1v) is 6.57. The number of para-hydroxylation sites is 1. The maximum Gasteiger partial charge on any atom is 0.315 e. The lowest BCUT2D eigenvalue weighted by Crippen LogP contribution is -2.04. The lowest BCUT2D eigenvalue weighted by Gasteiger charge is -2.11. The van der Waals surface area contributed by atoms with E-state index in [0.717, 1.165) is 0 Å². The Morgan fingerprint density at radius 2 is 1.95 bits per heavy atom. The Kier molecular flexibility index (Phi) is 4.37. The largest absolute Gasteiger partial charge is 0.380 e. The summed E-state index contributed by atoms with van der Waals surface area (Å²) in [6, 6.07) is 9.57. The van der Waals surface area contributed by atoms with E-state index < -0.39 is 4.92 Å². The van der Waals surface area contributed by atoms with Crippen LogP contribution in [0.5, 0.6) is 0 Å². The van der Waals surface area contributed by atoms with Crippen molar-refractivity contribution in [3.8, 4) is 0 Å². The normalized spacial score (nSPS) is 10.2. The van der Waals surface area contributed by atoms with Gasteiger partial charge in [-0.2, -0.15) is 0 Å². The van der Waals surface area contributed by atoms with E-state index in [2.05, 4.69) is 10.6 Å². The Labute approximate surface area is 122 Å². The van der Waals surface area contributed by atoms with Crippen LogP contribution in [-0.2, 0) is 0 Å². The third kappa shape index (κ3) is 3.28. The Morgan fingerprint density at radius 3 is 2.57 bits per heavy atom. The van der Waals surface area contributed by atoms with Crippen molar-refractivity contribution in [3.05, 3.63) is 57.9 Å². The highest BCUT2D eigenvalue weighted by Gasteiger charge is 2.19. The first-order valence-electron chi connectivity index (χ1n) is 6.57. The molecule has 2 aromatic rings. The van der Waals surface area contributed by atoms with Crippen LogP contribution < -0.4 is 10.6 Å². The van der Waals surface area contributed by atoms with Gasteiger partial charge in [0.25, 0.3) is 0 Å². The molecular formula is C15H16FN3O2. The Bertz CT molecular complexity index is 674. The number of halogens is 1. The first-order chi connectivity index (χ1) is 10.0. The molecule has 0 aliphatic rings. The molecule has 6 heteroatoms. The Balaban J connectivity index is 2.41. The van der Waals surface area contributed by atoms with Crippen molar-refractivity contribution >= 4 is 22.7 Å². The molecule has 0 aliphatic carbocycles. The maximum absolute atomic E-state index is 13.6. The molecule has 0 atom stereocenters. The van der Waals surface area contributed by atoms with Crippen LogP contribution in [0.25, 0.3) is 0 Å². The molecule has 2 rings (SSSR count). The first kappa shape index (κ1) is 14.8. The zero-order valence-electron chi connectivity index (χ0n) is 11.8. The fraction of sp³-hybridized carbons (Fsp3) is 0.200. The van der Waals surface area contributed by atoms with Gasteiger partial charge in [0, 0.05) is 12.2 Å². The van der Waals surface area contributed by atoms with Crippen LogP contribution in [0.3, 0.4) is 0 Å².